The molecule has 0 aromatic carbocycles. The van der Waals surface area contributed by atoms with Gasteiger partial charge in [-0.2, -0.15) is 0 Å². The number of halogens is 1. The minimum atomic E-state index is -0.855. The Balaban J connectivity index is 2.30. The molecule has 0 radical (unpaired) electrons. The lowest BCUT2D eigenvalue weighted by Gasteiger charge is -2.40. The Bertz CT molecular complexity index is 300. The van der Waals surface area contributed by atoms with Gasteiger partial charge in [-0.15, -0.1) is 11.6 Å². The van der Waals surface area contributed by atoms with Crippen LogP contribution in [0.5, 0.6) is 0 Å². The fourth-order valence-corrected chi connectivity index (χ4v) is 4.26. The molecule has 0 aromatic rings. The smallest absolute Gasteiger partial charge is 0.321 e. The van der Waals surface area contributed by atoms with Gasteiger partial charge in [-0.05, 0) is 41.9 Å². The lowest BCUT2D eigenvalue weighted by molar-refractivity contribution is -0.138. The maximum absolute atomic E-state index is 11.0. The van der Waals surface area contributed by atoms with Crippen LogP contribution in [0, 0.1) is 22.7 Å². The zero-order valence-electron chi connectivity index (χ0n) is 9.59. The average molecular weight is 231 g/mol. The predicted molar refractivity (Wildman–Crippen MR) is 60.0 cm³/mol. The summed E-state index contributed by atoms with van der Waals surface area (Å²) in [7, 11) is 0. The molecule has 2 aliphatic carbocycles. The van der Waals surface area contributed by atoms with Crippen LogP contribution < -0.4 is 0 Å². The molecule has 15 heavy (non-hydrogen) atoms. The minimum Gasteiger partial charge on any atom is -0.480 e. The molecule has 0 amide bonds. The van der Waals surface area contributed by atoms with Gasteiger partial charge in [0, 0.05) is 0 Å². The van der Waals surface area contributed by atoms with E-state index in [1.807, 2.05) is 0 Å². The van der Waals surface area contributed by atoms with Crippen LogP contribution in [0.1, 0.15) is 40.0 Å². The van der Waals surface area contributed by atoms with Gasteiger partial charge in [0.1, 0.15) is 5.38 Å². The largest absolute Gasteiger partial charge is 0.480 e. The molecule has 2 rings (SSSR count). The predicted octanol–water partition coefficient (Wildman–Crippen LogP) is 3.14. The molecule has 3 heteroatoms. The van der Waals surface area contributed by atoms with Gasteiger partial charge in [0.05, 0.1) is 0 Å². The summed E-state index contributed by atoms with van der Waals surface area (Å²) in [5.74, 6) is -0.0511. The van der Waals surface area contributed by atoms with Gasteiger partial charge >= 0.3 is 5.97 Å². The topological polar surface area (TPSA) is 37.3 Å². The summed E-state index contributed by atoms with van der Waals surface area (Å²) in [6, 6.07) is 0. The average Bonchev–Trinajstić information content (AvgIpc) is 2.47. The van der Waals surface area contributed by atoms with Crippen molar-refractivity contribution in [1.82, 2.24) is 0 Å². The molecule has 2 fully saturated rings. The SMILES string of the molecule is CC1(C)[C@@H]2CC[C@]1(C)C([C@H](Cl)C(=O)O)C2. The van der Waals surface area contributed by atoms with Gasteiger partial charge in [0.15, 0.2) is 0 Å². The van der Waals surface area contributed by atoms with Crippen LogP contribution in [-0.2, 0) is 4.79 Å². The summed E-state index contributed by atoms with van der Waals surface area (Å²) < 4.78 is 0. The van der Waals surface area contributed by atoms with Crippen LogP contribution >= 0.6 is 11.6 Å². The van der Waals surface area contributed by atoms with Crippen LogP contribution in [0.25, 0.3) is 0 Å². The van der Waals surface area contributed by atoms with Crippen molar-refractivity contribution in [3.05, 3.63) is 0 Å². The highest BCUT2D eigenvalue weighted by molar-refractivity contribution is 6.29. The Hall–Kier alpha value is -0.240. The number of aliphatic carboxylic acids is 1. The van der Waals surface area contributed by atoms with Crippen LogP contribution in [-0.4, -0.2) is 16.5 Å². The number of hydrogen-bond acceptors (Lipinski definition) is 1. The second-order valence-electron chi connectivity index (χ2n) is 5.96. The second kappa shape index (κ2) is 3.13. The highest BCUT2D eigenvalue weighted by atomic mass is 35.5. The summed E-state index contributed by atoms with van der Waals surface area (Å²) >= 11 is 6.03. The first-order chi connectivity index (χ1) is 6.80. The number of fused-ring (bicyclic) bond motifs is 2. The molecule has 2 saturated carbocycles. The van der Waals surface area contributed by atoms with Gasteiger partial charge in [0.2, 0.25) is 0 Å². The number of rotatable bonds is 2. The molecule has 2 nitrogen and oxygen atoms in total. The molecule has 2 bridgehead atoms. The molecule has 0 heterocycles. The summed E-state index contributed by atoms with van der Waals surface area (Å²) in [6.07, 6.45) is 3.36. The first-order valence-corrected chi connectivity index (χ1v) is 6.11. The second-order valence-corrected chi connectivity index (χ2v) is 6.43. The third kappa shape index (κ3) is 1.27. The van der Waals surface area contributed by atoms with Gasteiger partial charge in [-0.25, -0.2) is 0 Å². The number of carboxylic acid groups (broad SMARTS) is 1. The zero-order chi connectivity index (χ0) is 11.4. The highest BCUT2D eigenvalue weighted by Gasteiger charge is 2.63. The Morgan fingerprint density at radius 3 is 2.40 bits per heavy atom. The fraction of sp³-hybridized carbons (Fsp3) is 0.917. The molecular formula is C12H19ClO2. The van der Waals surface area contributed by atoms with Crippen LogP contribution in [0.15, 0.2) is 0 Å². The van der Waals surface area contributed by atoms with E-state index >= 15 is 0 Å². The Labute approximate surface area is 96.0 Å². The molecule has 86 valence electrons. The molecule has 0 spiro atoms. The Kier molecular flexibility index (Phi) is 2.35. The lowest BCUT2D eigenvalue weighted by atomic mass is 9.66. The third-order valence-corrected chi connectivity index (χ3v) is 5.94. The van der Waals surface area contributed by atoms with Crippen LogP contribution in [0.4, 0.5) is 0 Å². The maximum Gasteiger partial charge on any atom is 0.321 e. The molecular weight excluding hydrogens is 212 g/mol. The monoisotopic (exact) mass is 230 g/mol. The Morgan fingerprint density at radius 1 is 1.47 bits per heavy atom. The molecule has 2 aliphatic rings. The van der Waals surface area contributed by atoms with E-state index in [2.05, 4.69) is 20.8 Å². The molecule has 1 N–H and O–H groups in total. The first-order valence-electron chi connectivity index (χ1n) is 5.67. The molecule has 0 aliphatic heterocycles. The van der Waals surface area contributed by atoms with E-state index in [1.165, 1.54) is 6.42 Å². The van der Waals surface area contributed by atoms with E-state index in [4.69, 9.17) is 16.7 Å². The van der Waals surface area contributed by atoms with Gasteiger partial charge < -0.3 is 5.11 Å². The summed E-state index contributed by atoms with van der Waals surface area (Å²) in [4.78, 5) is 11.0. The van der Waals surface area contributed by atoms with Crippen molar-refractivity contribution < 1.29 is 9.90 Å². The van der Waals surface area contributed by atoms with E-state index in [9.17, 15) is 4.79 Å². The first kappa shape index (κ1) is 11.3. The molecule has 4 atom stereocenters. The summed E-state index contributed by atoms with van der Waals surface area (Å²) in [6.45, 7) is 6.77. The van der Waals surface area contributed by atoms with Gasteiger partial charge in [0.25, 0.3) is 0 Å². The standard InChI is InChI=1S/C12H19ClO2/c1-11(2)7-4-5-12(11,3)8(6-7)9(13)10(14)15/h7-9H,4-6H2,1-3H3,(H,14,15)/t7-,8?,9+,12-/m1/s1. The van der Waals surface area contributed by atoms with Crippen molar-refractivity contribution in [2.45, 2.75) is 45.4 Å². The maximum atomic E-state index is 11.0. The van der Waals surface area contributed by atoms with Crippen molar-refractivity contribution in [1.29, 1.82) is 0 Å². The van der Waals surface area contributed by atoms with Crippen molar-refractivity contribution in [3.8, 4) is 0 Å². The van der Waals surface area contributed by atoms with E-state index in [-0.39, 0.29) is 16.7 Å². The van der Waals surface area contributed by atoms with Gasteiger partial charge in [-0.1, -0.05) is 20.8 Å². The minimum absolute atomic E-state index is 0.114. The highest BCUT2D eigenvalue weighted by Crippen LogP contribution is 2.69. The van der Waals surface area contributed by atoms with Crippen molar-refractivity contribution in [2.24, 2.45) is 22.7 Å². The lowest BCUT2D eigenvalue weighted by Crippen LogP contribution is -2.39. The quantitative estimate of drug-likeness (QED) is 0.740. The number of carboxylic acids is 1. The van der Waals surface area contributed by atoms with Crippen LogP contribution in [0.3, 0.4) is 0 Å². The Morgan fingerprint density at radius 2 is 2.07 bits per heavy atom. The fourth-order valence-electron chi connectivity index (χ4n) is 3.88. The van der Waals surface area contributed by atoms with E-state index in [0.717, 1.165) is 12.8 Å². The van der Waals surface area contributed by atoms with Crippen molar-refractivity contribution in [2.75, 3.05) is 0 Å². The van der Waals surface area contributed by atoms with Crippen LogP contribution in [0.2, 0.25) is 0 Å². The number of alkyl halides is 1. The van der Waals surface area contributed by atoms with E-state index < -0.39 is 11.3 Å². The van der Waals surface area contributed by atoms with Crippen molar-refractivity contribution >= 4 is 17.6 Å². The molecule has 0 saturated heterocycles. The van der Waals surface area contributed by atoms with Gasteiger partial charge in [-0.3, -0.25) is 4.79 Å². The number of hydrogen-bond donors (Lipinski definition) is 1. The normalized spacial score (nSPS) is 44.3. The zero-order valence-corrected chi connectivity index (χ0v) is 10.3. The molecule has 0 aromatic heterocycles. The summed E-state index contributed by atoms with van der Waals surface area (Å²) in [5, 5.41) is 8.31. The van der Waals surface area contributed by atoms with Crippen molar-refractivity contribution in [3.63, 3.8) is 0 Å². The van der Waals surface area contributed by atoms with E-state index in [0.29, 0.717) is 5.92 Å². The molecule has 1 unspecified atom stereocenters. The summed E-state index contributed by atoms with van der Waals surface area (Å²) in [5.41, 5.74) is 0.364. The number of carbonyl (C=O) groups is 1. The third-order valence-electron chi connectivity index (χ3n) is 5.45. The van der Waals surface area contributed by atoms with E-state index in [1.54, 1.807) is 0 Å².